The van der Waals surface area contributed by atoms with Crippen LogP contribution >= 0.6 is 0 Å². The lowest BCUT2D eigenvalue weighted by atomic mass is 9.11. The Kier molecular flexibility index (Phi) is 17.8. The van der Waals surface area contributed by atoms with E-state index in [9.17, 15) is 87.8 Å². The summed E-state index contributed by atoms with van der Waals surface area (Å²) in [6, 6.07) is 28.7. The predicted octanol–water partition coefficient (Wildman–Crippen LogP) is 10.6. The average molecular weight is 1300 g/mol. The second-order valence-electron chi connectivity index (χ2n) is 15.9. The van der Waals surface area contributed by atoms with Crippen molar-refractivity contribution in [1.29, 1.82) is 0 Å². The van der Waals surface area contributed by atoms with E-state index in [1.54, 1.807) is 0 Å². The summed E-state index contributed by atoms with van der Waals surface area (Å²) in [6.07, 6.45) is -39.5. The molecule has 7 aromatic carbocycles. The summed E-state index contributed by atoms with van der Waals surface area (Å²) in [4.78, 5) is 0. The molecule has 0 spiro atoms. The van der Waals surface area contributed by atoms with E-state index < -0.39 is 168 Å². The monoisotopic (exact) mass is 1300 g/mol. The zero-order valence-corrected chi connectivity index (χ0v) is 40.0. The number of benzene rings is 7. The summed E-state index contributed by atoms with van der Waals surface area (Å²) < 4.78 is 432. The Bertz CT molecular complexity index is 3160. The number of hydrogen-bond donors (Lipinski definition) is 0. The molecular formula is C48H18BF28IO2. The van der Waals surface area contributed by atoms with Crippen molar-refractivity contribution in [2.45, 2.75) is 24.7 Å². The van der Waals surface area contributed by atoms with Gasteiger partial charge >= 0.3 is 45.9 Å². The molecule has 0 aromatic heterocycles. The zero-order chi connectivity index (χ0) is 60.1. The largest absolute Gasteiger partial charge is 0.490 e. The van der Waals surface area contributed by atoms with Gasteiger partial charge in [-0.15, -0.1) is 21.9 Å². The number of rotatable bonds is 11. The van der Waals surface area contributed by atoms with Crippen LogP contribution in [-0.2, 0) is 24.7 Å². The molecule has 32 heteroatoms. The van der Waals surface area contributed by atoms with Gasteiger partial charge in [-0.1, -0.05) is 48.5 Å². The van der Waals surface area contributed by atoms with Crippen LogP contribution in [0.1, 0.15) is 22.3 Å². The molecule has 0 saturated heterocycles. The summed E-state index contributed by atoms with van der Waals surface area (Å²) in [5.41, 5.74) is -38.1. The highest BCUT2D eigenvalue weighted by molar-refractivity contribution is 7.20. The molecule has 7 rings (SSSR count). The van der Waals surface area contributed by atoms with Crippen molar-refractivity contribution in [2.24, 2.45) is 0 Å². The first kappa shape index (κ1) is 62.2. The molecule has 0 unspecified atom stereocenters. The molecule has 0 heterocycles. The van der Waals surface area contributed by atoms with Crippen molar-refractivity contribution >= 4 is 28.0 Å². The van der Waals surface area contributed by atoms with Crippen molar-refractivity contribution in [3.8, 4) is 11.5 Å². The molecule has 428 valence electrons. The van der Waals surface area contributed by atoms with Crippen LogP contribution in [0.25, 0.3) is 0 Å². The first-order valence-electron chi connectivity index (χ1n) is 21.0. The van der Waals surface area contributed by atoms with Crippen molar-refractivity contribution in [2.75, 3.05) is 13.2 Å². The Hall–Kier alpha value is -7.03. The summed E-state index contributed by atoms with van der Waals surface area (Å²) in [5.74, 6) is -67.9. The summed E-state index contributed by atoms with van der Waals surface area (Å²) in [5, 5.41) is 0. The van der Waals surface area contributed by atoms with Gasteiger partial charge in [-0.3, -0.25) is 0 Å². The lowest BCUT2D eigenvalue weighted by molar-refractivity contribution is -0.598. The lowest BCUT2D eigenvalue weighted by Crippen LogP contribution is -3.61. The molecule has 0 aliphatic rings. The fourth-order valence-corrected chi connectivity index (χ4v) is 10.7. The van der Waals surface area contributed by atoms with Crippen LogP contribution in [0.3, 0.4) is 0 Å². The van der Waals surface area contributed by atoms with E-state index in [0.717, 1.165) is 11.5 Å². The van der Waals surface area contributed by atoms with Crippen LogP contribution in [0.2, 0.25) is 0 Å². The van der Waals surface area contributed by atoms with E-state index in [1.807, 2.05) is 42.5 Å². The number of para-hydroxylation sites is 2. The molecule has 7 aromatic rings. The van der Waals surface area contributed by atoms with E-state index in [1.165, 1.54) is 7.14 Å². The molecule has 0 aliphatic heterocycles. The van der Waals surface area contributed by atoms with Gasteiger partial charge in [0.05, 0.1) is 22.3 Å². The lowest BCUT2D eigenvalue weighted by Gasteiger charge is -2.49. The van der Waals surface area contributed by atoms with Gasteiger partial charge in [-0.05, 0) is 36.4 Å². The first-order valence-corrected chi connectivity index (χ1v) is 23.1. The Morgan fingerprint density at radius 2 is 0.562 bits per heavy atom. The topological polar surface area (TPSA) is 18.5 Å². The molecule has 0 N–H and O–H groups in total. The average Bonchev–Trinajstić information content (AvgIpc) is 3.37. The minimum Gasteiger partial charge on any atom is -0.490 e. The third-order valence-electron chi connectivity index (χ3n) is 11.2. The number of ether oxygens (including phenoxy) is 2. The van der Waals surface area contributed by atoms with Crippen molar-refractivity contribution in [1.82, 2.24) is 0 Å². The normalized spacial score (nSPS) is 12.4. The second-order valence-corrected chi connectivity index (χ2v) is 18.8. The Morgan fingerprint density at radius 1 is 0.300 bits per heavy atom. The van der Waals surface area contributed by atoms with Gasteiger partial charge in [0.25, 0.3) is 0 Å². The quantitative estimate of drug-likeness (QED) is 0.0321. The van der Waals surface area contributed by atoms with E-state index >= 15 is 35.1 Å². The summed E-state index contributed by atoms with van der Waals surface area (Å²) in [7, 11) is 0. The molecule has 80 heavy (non-hydrogen) atoms. The van der Waals surface area contributed by atoms with E-state index in [0.29, 0.717) is 13.2 Å². The molecule has 0 radical (unpaired) electrons. The zero-order valence-electron chi connectivity index (χ0n) is 37.9. The molecule has 0 amide bonds. The Labute approximate surface area is 437 Å². The highest BCUT2D eigenvalue weighted by Gasteiger charge is 2.60. The van der Waals surface area contributed by atoms with Gasteiger partial charge < -0.3 is 9.47 Å². The highest BCUT2D eigenvalue weighted by atomic mass is 127. The minimum absolute atomic E-state index is 0.226. The Balaban J connectivity index is 0.000000370. The van der Waals surface area contributed by atoms with E-state index in [4.69, 9.17) is 9.47 Å². The standard InChI is InChI=1S/C28BF28.C20H18IO2/c30-9-1(25(46,47)48)5(13(34)21(42)17(9)38)29(6-2(26(49,50)51)10(31)18(39)22(43)14(6)35,7-3(27(52,53)54)11(32)19(40)23(44)15(7)36)8-4(28(55,56)57)12(33)20(41)24(45)16(8)37;1-3-9-17(10-4-1)21-19-13-7-8-14-20(19)23-16-15-22-18-11-5-2-6-12-18/h;1-14H,15-16H2/q-1;+1. The molecule has 0 atom stereocenters. The number of halogens is 29. The first-order chi connectivity index (χ1) is 37.0. The third-order valence-corrected chi connectivity index (χ3v) is 14.0. The van der Waals surface area contributed by atoms with Crippen LogP contribution in [-0.4, -0.2) is 19.4 Å². The van der Waals surface area contributed by atoms with Crippen LogP contribution in [0.15, 0.2) is 84.9 Å². The molecule has 0 saturated carbocycles. The van der Waals surface area contributed by atoms with Crippen LogP contribution in [0, 0.1) is 100 Å². The maximum absolute atomic E-state index is 16.0. The molecule has 0 fully saturated rings. The maximum atomic E-state index is 16.0. The summed E-state index contributed by atoms with van der Waals surface area (Å²) in [6.45, 7) is 1.09. The summed E-state index contributed by atoms with van der Waals surface area (Å²) >= 11 is -0.226. The maximum Gasteiger partial charge on any atom is 0.416 e. The molecule has 2 nitrogen and oxygen atoms in total. The van der Waals surface area contributed by atoms with Crippen LogP contribution < -0.4 is 52.5 Å². The van der Waals surface area contributed by atoms with Gasteiger partial charge in [0.15, 0.2) is 79.1 Å². The number of hydrogen-bond acceptors (Lipinski definition) is 2. The van der Waals surface area contributed by atoms with Crippen molar-refractivity contribution in [3.63, 3.8) is 0 Å². The van der Waals surface area contributed by atoms with E-state index in [2.05, 4.69) is 42.5 Å². The fourth-order valence-electron chi connectivity index (χ4n) is 8.26. The van der Waals surface area contributed by atoms with E-state index in [-0.39, 0.29) is 21.2 Å². The van der Waals surface area contributed by atoms with Gasteiger partial charge in [0.2, 0.25) is 3.57 Å². The molecular weight excluding hydrogens is 1280 g/mol. The minimum atomic E-state index is -8.89. The molecule has 0 bridgehead atoms. The third kappa shape index (κ3) is 11.4. The smallest absolute Gasteiger partial charge is 0.416 e. The van der Waals surface area contributed by atoms with Crippen LogP contribution in [0.5, 0.6) is 11.5 Å². The molecule has 0 aliphatic carbocycles. The number of alkyl halides is 12. The van der Waals surface area contributed by atoms with Crippen molar-refractivity contribution < 1.29 is 154 Å². The van der Waals surface area contributed by atoms with Gasteiger partial charge in [-0.25, -0.2) is 70.2 Å². The van der Waals surface area contributed by atoms with Gasteiger partial charge in [0, 0.05) is 0 Å². The second kappa shape index (κ2) is 22.8. The van der Waals surface area contributed by atoms with Crippen LogP contribution in [0.4, 0.5) is 123 Å². The Morgan fingerprint density at radius 3 is 0.875 bits per heavy atom. The predicted molar refractivity (Wildman–Crippen MR) is 217 cm³/mol. The van der Waals surface area contributed by atoms with Gasteiger partial charge in [-0.2, -0.15) is 52.7 Å². The van der Waals surface area contributed by atoms with Gasteiger partial charge in [0.1, 0.15) is 48.4 Å². The fraction of sp³-hybridized carbons (Fsp3) is 0.125. The van der Waals surface area contributed by atoms with Crippen molar-refractivity contribution in [3.05, 3.63) is 207 Å². The highest BCUT2D eigenvalue weighted by Crippen LogP contribution is 2.44. The SMILES string of the molecule is Fc1c(F)c(F)c(C(F)(F)F)c([B-](c2c(F)c(F)c(F)c(F)c2C(F)(F)F)(c2c(F)c(F)c(F)c(F)c2C(F)(F)F)c2c(F)c(F)c(F)c(F)c2C(F)(F)F)c1F.c1ccc(OCCOc2ccccc2[I+]c2ccccc2)cc1.